The highest BCUT2D eigenvalue weighted by molar-refractivity contribution is 9.10. The molecular formula is C8H6BrNO4. The van der Waals surface area contributed by atoms with Crippen LogP contribution in [0.25, 0.3) is 0 Å². The molecule has 0 bridgehead atoms. The molecule has 1 rings (SSSR count). The standard InChI is InChI=1S/C8H6BrNO4/c1-4-6(10(13)14)3-2-5(9)7(4)8(11)12/h2-3H,1H3,(H,11,12). The predicted octanol–water partition coefficient (Wildman–Crippen LogP) is 2.36. The summed E-state index contributed by atoms with van der Waals surface area (Å²) in [5.41, 5.74) is -0.110. The highest BCUT2D eigenvalue weighted by atomic mass is 79.9. The van der Waals surface area contributed by atoms with Gasteiger partial charge in [0.05, 0.1) is 10.5 Å². The van der Waals surface area contributed by atoms with Gasteiger partial charge >= 0.3 is 5.97 Å². The smallest absolute Gasteiger partial charge is 0.337 e. The fourth-order valence-corrected chi connectivity index (χ4v) is 1.73. The molecule has 74 valence electrons. The van der Waals surface area contributed by atoms with Crippen molar-refractivity contribution >= 4 is 27.6 Å². The van der Waals surface area contributed by atoms with Crippen LogP contribution in [0.2, 0.25) is 0 Å². The summed E-state index contributed by atoms with van der Waals surface area (Å²) in [7, 11) is 0. The molecule has 1 aromatic carbocycles. The van der Waals surface area contributed by atoms with Gasteiger partial charge in [-0.3, -0.25) is 10.1 Å². The van der Waals surface area contributed by atoms with Gasteiger partial charge < -0.3 is 5.11 Å². The largest absolute Gasteiger partial charge is 0.478 e. The first kappa shape index (κ1) is 10.6. The maximum Gasteiger partial charge on any atom is 0.337 e. The number of aromatic carboxylic acids is 1. The molecule has 0 heterocycles. The van der Waals surface area contributed by atoms with Crippen molar-refractivity contribution in [1.29, 1.82) is 0 Å². The summed E-state index contributed by atoms with van der Waals surface area (Å²) in [6.07, 6.45) is 0. The van der Waals surface area contributed by atoms with E-state index in [1.807, 2.05) is 0 Å². The van der Waals surface area contributed by atoms with Crippen molar-refractivity contribution in [2.75, 3.05) is 0 Å². The number of nitro groups is 1. The van der Waals surface area contributed by atoms with Gasteiger partial charge in [-0.1, -0.05) is 0 Å². The van der Waals surface area contributed by atoms with E-state index in [0.717, 1.165) is 0 Å². The lowest BCUT2D eigenvalue weighted by atomic mass is 10.1. The number of hydrogen-bond donors (Lipinski definition) is 1. The van der Waals surface area contributed by atoms with E-state index < -0.39 is 10.9 Å². The van der Waals surface area contributed by atoms with Gasteiger partial charge in [-0.15, -0.1) is 0 Å². The number of carboxylic acid groups (broad SMARTS) is 1. The zero-order chi connectivity index (χ0) is 10.9. The quantitative estimate of drug-likeness (QED) is 0.653. The van der Waals surface area contributed by atoms with Crippen molar-refractivity contribution in [2.45, 2.75) is 6.92 Å². The minimum absolute atomic E-state index is 0.0702. The Kier molecular flexibility index (Phi) is 2.85. The average molecular weight is 260 g/mol. The molecule has 1 N–H and O–H groups in total. The molecule has 5 nitrogen and oxygen atoms in total. The second kappa shape index (κ2) is 3.75. The molecule has 0 saturated carbocycles. The SMILES string of the molecule is Cc1c([N+](=O)[O-])ccc(Br)c1C(=O)O. The maximum atomic E-state index is 10.8. The number of halogens is 1. The summed E-state index contributed by atoms with van der Waals surface area (Å²) in [6.45, 7) is 1.41. The molecule has 0 aliphatic rings. The summed E-state index contributed by atoms with van der Waals surface area (Å²) in [5, 5.41) is 19.3. The first-order chi connectivity index (χ1) is 6.45. The topological polar surface area (TPSA) is 80.4 Å². The van der Waals surface area contributed by atoms with E-state index in [1.165, 1.54) is 19.1 Å². The molecule has 0 amide bonds. The van der Waals surface area contributed by atoms with Gasteiger partial charge in [-0.25, -0.2) is 4.79 Å². The van der Waals surface area contributed by atoms with Crippen LogP contribution in [0.4, 0.5) is 5.69 Å². The fourth-order valence-electron chi connectivity index (χ4n) is 1.13. The van der Waals surface area contributed by atoms with E-state index in [4.69, 9.17) is 5.11 Å². The zero-order valence-electron chi connectivity index (χ0n) is 7.15. The van der Waals surface area contributed by atoms with Crippen molar-refractivity contribution in [2.24, 2.45) is 0 Å². The molecule has 0 radical (unpaired) electrons. The number of nitro benzene ring substituents is 1. The van der Waals surface area contributed by atoms with Crippen molar-refractivity contribution in [3.05, 3.63) is 37.8 Å². The number of benzene rings is 1. The normalized spacial score (nSPS) is 9.86. The van der Waals surface area contributed by atoms with E-state index >= 15 is 0 Å². The molecule has 0 spiro atoms. The van der Waals surface area contributed by atoms with Crippen LogP contribution in [-0.4, -0.2) is 16.0 Å². The average Bonchev–Trinajstić information content (AvgIpc) is 2.02. The molecule has 0 aliphatic heterocycles. The second-order valence-corrected chi connectivity index (χ2v) is 3.48. The van der Waals surface area contributed by atoms with E-state index in [9.17, 15) is 14.9 Å². The van der Waals surface area contributed by atoms with Crippen molar-refractivity contribution in [3.8, 4) is 0 Å². The van der Waals surface area contributed by atoms with Crippen molar-refractivity contribution < 1.29 is 14.8 Å². The Morgan fingerprint density at radius 2 is 2.14 bits per heavy atom. The van der Waals surface area contributed by atoms with E-state index in [-0.39, 0.29) is 16.8 Å². The third-order valence-electron chi connectivity index (χ3n) is 1.80. The Bertz CT molecular complexity index is 416. The van der Waals surface area contributed by atoms with Gasteiger partial charge in [0.1, 0.15) is 0 Å². The van der Waals surface area contributed by atoms with Crippen LogP contribution in [0.1, 0.15) is 15.9 Å². The Balaban J connectivity index is 3.49. The number of nitrogens with zero attached hydrogens (tertiary/aromatic N) is 1. The van der Waals surface area contributed by atoms with Crippen LogP contribution in [0.5, 0.6) is 0 Å². The summed E-state index contributed by atoms with van der Waals surface area (Å²) >= 11 is 3.03. The molecule has 6 heteroatoms. The number of hydrogen-bond acceptors (Lipinski definition) is 3. The minimum Gasteiger partial charge on any atom is -0.478 e. The molecule has 0 fully saturated rings. The molecule has 0 unspecified atom stereocenters. The number of rotatable bonds is 2. The van der Waals surface area contributed by atoms with E-state index in [2.05, 4.69) is 15.9 Å². The lowest BCUT2D eigenvalue weighted by molar-refractivity contribution is -0.385. The van der Waals surface area contributed by atoms with Crippen molar-refractivity contribution in [1.82, 2.24) is 0 Å². The van der Waals surface area contributed by atoms with Gasteiger partial charge in [-0.2, -0.15) is 0 Å². The van der Waals surface area contributed by atoms with E-state index in [1.54, 1.807) is 0 Å². The van der Waals surface area contributed by atoms with Gasteiger partial charge in [0.25, 0.3) is 5.69 Å². The minimum atomic E-state index is -1.18. The Hall–Kier alpha value is -1.43. The van der Waals surface area contributed by atoms with Crippen LogP contribution in [-0.2, 0) is 0 Å². The van der Waals surface area contributed by atoms with Crippen LogP contribution < -0.4 is 0 Å². The van der Waals surface area contributed by atoms with E-state index in [0.29, 0.717) is 4.47 Å². The third kappa shape index (κ3) is 1.74. The summed E-state index contributed by atoms with van der Waals surface area (Å²) in [5.74, 6) is -1.18. The summed E-state index contributed by atoms with van der Waals surface area (Å²) in [6, 6.07) is 2.63. The Morgan fingerprint density at radius 1 is 1.57 bits per heavy atom. The molecule has 0 aromatic heterocycles. The van der Waals surface area contributed by atoms with Gasteiger partial charge in [0.15, 0.2) is 0 Å². The van der Waals surface area contributed by atoms with Crippen LogP contribution in [0.3, 0.4) is 0 Å². The maximum absolute atomic E-state index is 10.8. The van der Waals surface area contributed by atoms with Gasteiger partial charge in [0.2, 0.25) is 0 Å². The molecule has 0 saturated heterocycles. The lowest BCUT2D eigenvalue weighted by Gasteiger charge is -2.03. The van der Waals surface area contributed by atoms with Crippen LogP contribution in [0.15, 0.2) is 16.6 Å². The third-order valence-corrected chi connectivity index (χ3v) is 2.46. The van der Waals surface area contributed by atoms with Crippen LogP contribution in [0, 0.1) is 17.0 Å². The highest BCUT2D eigenvalue weighted by Crippen LogP contribution is 2.27. The van der Waals surface area contributed by atoms with Crippen molar-refractivity contribution in [3.63, 3.8) is 0 Å². The fraction of sp³-hybridized carbons (Fsp3) is 0.125. The first-order valence-electron chi connectivity index (χ1n) is 3.62. The second-order valence-electron chi connectivity index (χ2n) is 2.63. The summed E-state index contributed by atoms with van der Waals surface area (Å²) < 4.78 is 0.341. The Labute approximate surface area is 87.6 Å². The zero-order valence-corrected chi connectivity index (χ0v) is 8.74. The number of carboxylic acids is 1. The van der Waals surface area contributed by atoms with Crippen LogP contribution >= 0.6 is 15.9 Å². The van der Waals surface area contributed by atoms with Gasteiger partial charge in [-0.05, 0) is 28.9 Å². The predicted molar refractivity (Wildman–Crippen MR) is 52.5 cm³/mol. The number of carbonyl (C=O) groups is 1. The lowest BCUT2D eigenvalue weighted by Crippen LogP contribution is -2.04. The Morgan fingerprint density at radius 3 is 2.57 bits per heavy atom. The monoisotopic (exact) mass is 259 g/mol. The molecule has 14 heavy (non-hydrogen) atoms. The first-order valence-corrected chi connectivity index (χ1v) is 4.41. The van der Waals surface area contributed by atoms with Gasteiger partial charge in [0, 0.05) is 16.1 Å². The molecular weight excluding hydrogens is 254 g/mol. The molecule has 0 atom stereocenters. The summed E-state index contributed by atoms with van der Waals surface area (Å²) in [4.78, 5) is 20.7. The highest BCUT2D eigenvalue weighted by Gasteiger charge is 2.20. The molecule has 0 aliphatic carbocycles. The molecule has 1 aromatic rings.